The van der Waals surface area contributed by atoms with Gasteiger partial charge in [-0.3, -0.25) is 5.10 Å². The molecular formula is C19H16ClN3O3. The molecule has 2 aromatic heterocycles. The summed E-state index contributed by atoms with van der Waals surface area (Å²) in [4.78, 5) is 4.72. The maximum absolute atomic E-state index is 9.73. The van der Waals surface area contributed by atoms with E-state index in [-0.39, 0.29) is 10.8 Å². The molecule has 2 aromatic carbocycles. The molecule has 0 unspecified atom stereocenters. The van der Waals surface area contributed by atoms with Crippen LogP contribution in [0.25, 0.3) is 33.1 Å². The minimum atomic E-state index is 0.0257. The number of pyridine rings is 1. The molecule has 2 N–H and O–H groups in total. The number of nitrogens with zero attached hydrogens (tertiary/aromatic N) is 2. The van der Waals surface area contributed by atoms with Gasteiger partial charge in [-0.05, 0) is 31.2 Å². The first-order valence-electron chi connectivity index (χ1n) is 7.92. The van der Waals surface area contributed by atoms with Crippen LogP contribution >= 0.6 is 11.6 Å². The number of hydrogen-bond acceptors (Lipinski definition) is 5. The van der Waals surface area contributed by atoms with Crippen LogP contribution in [0.15, 0.2) is 30.5 Å². The van der Waals surface area contributed by atoms with Crippen molar-refractivity contribution in [3.05, 3.63) is 41.0 Å². The lowest BCUT2D eigenvalue weighted by Gasteiger charge is -2.16. The molecule has 0 saturated carbocycles. The van der Waals surface area contributed by atoms with E-state index < -0.39 is 0 Å². The Hall–Kier alpha value is -2.99. The van der Waals surface area contributed by atoms with Crippen molar-refractivity contribution in [1.82, 2.24) is 15.2 Å². The third-order valence-electron chi connectivity index (χ3n) is 4.50. The van der Waals surface area contributed by atoms with Crippen molar-refractivity contribution in [2.24, 2.45) is 0 Å². The molecule has 26 heavy (non-hydrogen) atoms. The molecule has 0 saturated heterocycles. The van der Waals surface area contributed by atoms with Gasteiger partial charge in [0, 0.05) is 27.3 Å². The second kappa shape index (κ2) is 6.07. The molecule has 132 valence electrons. The quantitative estimate of drug-likeness (QED) is 0.557. The maximum Gasteiger partial charge on any atom is 0.164 e. The molecule has 0 aliphatic carbocycles. The van der Waals surface area contributed by atoms with Gasteiger partial charge in [0.1, 0.15) is 5.75 Å². The van der Waals surface area contributed by atoms with Crippen LogP contribution < -0.4 is 9.47 Å². The van der Waals surface area contributed by atoms with Crippen LogP contribution in [0, 0.1) is 6.92 Å². The normalized spacial score (nSPS) is 11.2. The van der Waals surface area contributed by atoms with E-state index in [0.717, 1.165) is 27.3 Å². The van der Waals surface area contributed by atoms with Crippen LogP contribution in [0.5, 0.6) is 17.2 Å². The van der Waals surface area contributed by atoms with Gasteiger partial charge in [0.25, 0.3) is 0 Å². The number of phenols is 1. The second-order valence-electron chi connectivity index (χ2n) is 5.92. The predicted molar refractivity (Wildman–Crippen MR) is 101 cm³/mol. The van der Waals surface area contributed by atoms with E-state index in [4.69, 9.17) is 26.1 Å². The Labute approximate surface area is 154 Å². The first-order chi connectivity index (χ1) is 12.5. The van der Waals surface area contributed by atoms with Gasteiger partial charge in [0.2, 0.25) is 0 Å². The van der Waals surface area contributed by atoms with Crippen molar-refractivity contribution in [3.8, 4) is 28.5 Å². The summed E-state index contributed by atoms with van der Waals surface area (Å²) in [5, 5.41) is 19.8. The molecule has 2 heterocycles. The van der Waals surface area contributed by atoms with Gasteiger partial charge in [-0.15, -0.1) is 0 Å². The number of aromatic hydroxyl groups is 1. The van der Waals surface area contributed by atoms with Gasteiger partial charge in [-0.2, -0.15) is 5.10 Å². The summed E-state index contributed by atoms with van der Waals surface area (Å²) in [7, 11) is 3.22. The molecule has 6 nitrogen and oxygen atoms in total. The smallest absolute Gasteiger partial charge is 0.164 e. The summed E-state index contributed by atoms with van der Waals surface area (Å²) in [6, 6.07) is 6.91. The molecule has 0 spiro atoms. The number of fused-ring (bicyclic) bond motifs is 3. The molecule has 7 heteroatoms. The molecule has 0 radical (unpaired) electrons. The number of methoxy groups -OCH3 is 2. The minimum absolute atomic E-state index is 0.0257. The van der Waals surface area contributed by atoms with E-state index in [1.54, 1.807) is 38.6 Å². The van der Waals surface area contributed by atoms with Gasteiger partial charge >= 0.3 is 0 Å². The maximum atomic E-state index is 9.73. The topological polar surface area (TPSA) is 80.3 Å². The fourth-order valence-corrected chi connectivity index (χ4v) is 3.48. The number of nitrogens with one attached hydrogen (secondary N) is 1. The lowest BCUT2D eigenvalue weighted by Crippen LogP contribution is -1.97. The number of aryl methyl sites for hydroxylation is 1. The SMILES string of the molecule is COc1cc2c(-c3ccc(O)c(Cl)c3)nc3[nH]ncc3c2c(C)c1OC. The average Bonchev–Trinajstić information content (AvgIpc) is 3.11. The Morgan fingerprint density at radius 2 is 1.92 bits per heavy atom. The van der Waals surface area contributed by atoms with Crippen molar-refractivity contribution < 1.29 is 14.6 Å². The van der Waals surface area contributed by atoms with Crippen LogP contribution in [0.4, 0.5) is 0 Å². The number of benzene rings is 2. The molecule has 0 aliphatic rings. The Morgan fingerprint density at radius 1 is 1.12 bits per heavy atom. The number of halogens is 1. The number of rotatable bonds is 3. The number of aromatic nitrogens is 3. The Bertz CT molecular complexity index is 1150. The van der Waals surface area contributed by atoms with Crippen molar-refractivity contribution in [1.29, 1.82) is 0 Å². The Kier molecular flexibility index (Phi) is 3.85. The van der Waals surface area contributed by atoms with Crippen molar-refractivity contribution in [3.63, 3.8) is 0 Å². The zero-order valence-electron chi connectivity index (χ0n) is 14.4. The van der Waals surface area contributed by atoms with E-state index in [1.807, 2.05) is 13.0 Å². The number of ether oxygens (including phenoxy) is 2. The molecule has 4 rings (SSSR count). The zero-order chi connectivity index (χ0) is 18.4. The summed E-state index contributed by atoms with van der Waals surface area (Å²) >= 11 is 6.11. The molecule has 0 fully saturated rings. The van der Waals surface area contributed by atoms with Gasteiger partial charge in [0.15, 0.2) is 17.1 Å². The van der Waals surface area contributed by atoms with Gasteiger partial charge in [0.05, 0.1) is 31.1 Å². The predicted octanol–water partition coefficient (Wildman–Crippen LogP) is 4.46. The highest BCUT2D eigenvalue weighted by atomic mass is 35.5. The van der Waals surface area contributed by atoms with E-state index >= 15 is 0 Å². The number of hydrogen-bond donors (Lipinski definition) is 2. The molecular weight excluding hydrogens is 354 g/mol. The van der Waals surface area contributed by atoms with Crippen LogP contribution in [0.1, 0.15) is 5.56 Å². The van der Waals surface area contributed by atoms with E-state index in [0.29, 0.717) is 22.8 Å². The fraction of sp³-hybridized carbons (Fsp3) is 0.158. The molecule has 0 amide bonds. The summed E-state index contributed by atoms with van der Waals surface area (Å²) in [6.45, 7) is 1.98. The third-order valence-corrected chi connectivity index (χ3v) is 4.80. The highest BCUT2D eigenvalue weighted by Crippen LogP contribution is 2.43. The van der Waals surface area contributed by atoms with Crippen LogP contribution in [-0.4, -0.2) is 34.5 Å². The van der Waals surface area contributed by atoms with Gasteiger partial charge < -0.3 is 14.6 Å². The number of aromatic amines is 1. The Balaban J connectivity index is 2.18. The third kappa shape index (κ3) is 2.34. The van der Waals surface area contributed by atoms with Gasteiger partial charge in [-0.1, -0.05) is 11.6 Å². The van der Waals surface area contributed by atoms with Crippen LogP contribution in [0.2, 0.25) is 5.02 Å². The van der Waals surface area contributed by atoms with Crippen LogP contribution in [0.3, 0.4) is 0 Å². The lowest BCUT2D eigenvalue weighted by molar-refractivity contribution is 0.354. The van der Waals surface area contributed by atoms with E-state index in [1.165, 1.54) is 0 Å². The lowest BCUT2D eigenvalue weighted by atomic mass is 9.97. The average molecular weight is 370 g/mol. The van der Waals surface area contributed by atoms with Crippen LogP contribution in [-0.2, 0) is 0 Å². The number of H-pyrrole nitrogens is 1. The van der Waals surface area contributed by atoms with Crippen molar-refractivity contribution in [2.45, 2.75) is 6.92 Å². The highest BCUT2D eigenvalue weighted by molar-refractivity contribution is 6.32. The largest absolute Gasteiger partial charge is 0.506 e. The molecule has 4 aromatic rings. The van der Waals surface area contributed by atoms with E-state index in [9.17, 15) is 5.11 Å². The van der Waals surface area contributed by atoms with E-state index in [2.05, 4.69) is 10.2 Å². The zero-order valence-corrected chi connectivity index (χ0v) is 15.2. The summed E-state index contributed by atoms with van der Waals surface area (Å²) in [5.41, 5.74) is 3.08. The van der Waals surface area contributed by atoms with Crippen molar-refractivity contribution >= 4 is 33.4 Å². The summed E-state index contributed by atoms with van der Waals surface area (Å²) < 4.78 is 11.1. The first kappa shape index (κ1) is 16.5. The Morgan fingerprint density at radius 3 is 2.62 bits per heavy atom. The molecule has 0 aliphatic heterocycles. The van der Waals surface area contributed by atoms with Crippen molar-refractivity contribution in [2.75, 3.05) is 14.2 Å². The monoisotopic (exact) mass is 369 g/mol. The molecule has 0 atom stereocenters. The second-order valence-corrected chi connectivity index (χ2v) is 6.33. The minimum Gasteiger partial charge on any atom is -0.506 e. The van der Waals surface area contributed by atoms with Gasteiger partial charge in [-0.25, -0.2) is 4.98 Å². The summed E-state index contributed by atoms with van der Waals surface area (Å²) in [6.07, 6.45) is 1.75. The fourth-order valence-electron chi connectivity index (χ4n) is 3.30. The standard InChI is InChI=1S/C19H16ClN3O3/c1-9-16-11(7-15(25-2)18(9)26-3)17(22-19-12(16)8-21-23-19)10-4-5-14(24)13(20)6-10/h4-8,24H,1-3H3,(H,21,22,23). The highest BCUT2D eigenvalue weighted by Gasteiger charge is 2.19. The first-order valence-corrected chi connectivity index (χ1v) is 8.30. The molecule has 0 bridgehead atoms. The number of phenolic OH excluding ortho intramolecular Hbond substituents is 1. The summed E-state index contributed by atoms with van der Waals surface area (Å²) in [5.74, 6) is 1.31.